The zero-order valence-corrected chi connectivity index (χ0v) is 9.64. The molecule has 3 nitrogen and oxygen atoms in total. The summed E-state index contributed by atoms with van der Waals surface area (Å²) in [6.07, 6.45) is 4.81. The van der Waals surface area contributed by atoms with E-state index in [-0.39, 0.29) is 12.5 Å². The number of nitrogens with one attached hydrogen (secondary N) is 1. The summed E-state index contributed by atoms with van der Waals surface area (Å²) >= 11 is 0. The van der Waals surface area contributed by atoms with Gasteiger partial charge in [-0.3, -0.25) is 4.79 Å². The molecule has 0 aliphatic heterocycles. The van der Waals surface area contributed by atoms with Crippen molar-refractivity contribution in [2.45, 2.75) is 39.5 Å². The van der Waals surface area contributed by atoms with Gasteiger partial charge in [-0.2, -0.15) is 0 Å². The standard InChI is InChI=1S/C11H23NO2/c1-4-6-7-10(5-2)8-12-11(13)9-14-3/h10H,4-9H2,1-3H3,(H,12,13)/t10-/m1/s1. The van der Waals surface area contributed by atoms with Crippen LogP contribution in [0.5, 0.6) is 0 Å². The summed E-state index contributed by atoms with van der Waals surface area (Å²) in [6, 6.07) is 0. The van der Waals surface area contributed by atoms with E-state index in [9.17, 15) is 4.79 Å². The molecule has 0 saturated heterocycles. The minimum Gasteiger partial charge on any atom is -0.375 e. The van der Waals surface area contributed by atoms with Crippen molar-refractivity contribution in [3.63, 3.8) is 0 Å². The lowest BCUT2D eigenvalue weighted by molar-refractivity contribution is -0.124. The van der Waals surface area contributed by atoms with Crippen LogP contribution in [0, 0.1) is 5.92 Å². The van der Waals surface area contributed by atoms with Crippen molar-refractivity contribution in [3.8, 4) is 0 Å². The Balaban J connectivity index is 3.55. The third-order valence-electron chi connectivity index (χ3n) is 2.41. The van der Waals surface area contributed by atoms with Gasteiger partial charge in [0.25, 0.3) is 0 Å². The van der Waals surface area contributed by atoms with Crippen LogP contribution in [0.1, 0.15) is 39.5 Å². The van der Waals surface area contributed by atoms with Crippen LogP contribution in [0.25, 0.3) is 0 Å². The number of rotatable bonds is 8. The number of hydrogen-bond acceptors (Lipinski definition) is 2. The van der Waals surface area contributed by atoms with Crippen LogP contribution in [0.2, 0.25) is 0 Å². The van der Waals surface area contributed by atoms with Gasteiger partial charge >= 0.3 is 0 Å². The van der Waals surface area contributed by atoms with Gasteiger partial charge in [0.15, 0.2) is 0 Å². The fraction of sp³-hybridized carbons (Fsp3) is 0.909. The molecule has 0 radical (unpaired) electrons. The molecule has 0 bridgehead atoms. The monoisotopic (exact) mass is 201 g/mol. The van der Waals surface area contributed by atoms with E-state index in [1.165, 1.54) is 26.4 Å². The lowest BCUT2D eigenvalue weighted by Gasteiger charge is -2.14. The summed E-state index contributed by atoms with van der Waals surface area (Å²) in [5.41, 5.74) is 0. The molecule has 0 aliphatic rings. The Hall–Kier alpha value is -0.570. The molecule has 0 aromatic carbocycles. The smallest absolute Gasteiger partial charge is 0.245 e. The van der Waals surface area contributed by atoms with Gasteiger partial charge in [-0.25, -0.2) is 0 Å². The average Bonchev–Trinajstić information content (AvgIpc) is 2.19. The van der Waals surface area contributed by atoms with Crippen molar-refractivity contribution in [3.05, 3.63) is 0 Å². The minimum atomic E-state index is -0.0116. The lowest BCUT2D eigenvalue weighted by atomic mass is 9.99. The zero-order chi connectivity index (χ0) is 10.8. The highest BCUT2D eigenvalue weighted by Gasteiger charge is 2.07. The zero-order valence-electron chi connectivity index (χ0n) is 9.64. The number of amides is 1. The Morgan fingerprint density at radius 2 is 2.14 bits per heavy atom. The predicted octanol–water partition coefficient (Wildman–Crippen LogP) is 1.97. The molecule has 0 unspecified atom stereocenters. The molecule has 0 spiro atoms. The molecule has 0 aromatic heterocycles. The average molecular weight is 201 g/mol. The molecule has 3 heteroatoms. The maximum Gasteiger partial charge on any atom is 0.245 e. The Morgan fingerprint density at radius 3 is 2.64 bits per heavy atom. The van der Waals surface area contributed by atoms with Crippen LogP contribution in [-0.4, -0.2) is 26.2 Å². The van der Waals surface area contributed by atoms with Crippen LogP contribution in [-0.2, 0) is 9.53 Å². The Bertz CT molecular complexity index is 148. The normalized spacial score (nSPS) is 12.5. The first-order valence-electron chi connectivity index (χ1n) is 5.50. The van der Waals surface area contributed by atoms with E-state index in [4.69, 9.17) is 4.74 Å². The number of unbranched alkanes of at least 4 members (excludes halogenated alkanes) is 1. The first-order chi connectivity index (χ1) is 6.74. The van der Waals surface area contributed by atoms with Crippen molar-refractivity contribution in [1.29, 1.82) is 0 Å². The van der Waals surface area contributed by atoms with Crippen LogP contribution >= 0.6 is 0 Å². The summed E-state index contributed by atoms with van der Waals surface area (Å²) in [5.74, 6) is 0.609. The Labute approximate surface area is 87.2 Å². The molecule has 14 heavy (non-hydrogen) atoms. The fourth-order valence-electron chi connectivity index (χ4n) is 1.38. The van der Waals surface area contributed by atoms with Crippen molar-refractivity contribution in [1.82, 2.24) is 5.32 Å². The van der Waals surface area contributed by atoms with Gasteiger partial charge in [0.1, 0.15) is 6.61 Å². The van der Waals surface area contributed by atoms with Gasteiger partial charge in [-0.05, 0) is 12.3 Å². The van der Waals surface area contributed by atoms with E-state index in [0.29, 0.717) is 5.92 Å². The molecule has 1 N–H and O–H groups in total. The number of carbonyl (C=O) groups is 1. The van der Waals surface area contributed by atoms with Crippen LogP contribution in [0.4, 0.5) is 0 Å². The van der Waals surface area contributed by atoms with Crippen molar-refractivity contribution in [2.24, 2.45) is 5.92 Å². The van der Waals surface area contributed by atoms with E-state index in [1.54, 1.807) is 0 Å². The highest BCUT2D eigenvalue weighted by molar-refractivity contribution is 5.77. The highest BCUT2D eigenvalue weighted by Crippen LogP contribution is 2.10. The fourth-order valence-corrected chi connectivity index (χ4v) is 1.38. The SMILES string of the molecule is CCCC[C@@H](CC)CNC(=O)COC. The van der Waals surface area contributed by atoms with Gasteiger partial charge in [-0.15, -0.1) is 0 Å². The summed E-state index contributed by atoms with van der Waals surface area (Å²) in [7, 11) is 1.54. The number of carbonyl (C=O) groups excluding carboxylic acids is 1. The van der Waals surface area contributed by atoms with E-state index in [2.05, 4.69) is 19.2 Å². The molecule has 0 heterocycles. The molecule has 0 aromatic rings. The largest absolute Gasteiger partial charge is 0.375 e. The number of hydrogen-bond donors (Lipinski definition) is 1. The maximum absolute atomic E-state index is 11.1. The second-order valence-corrected chi connectivity index (χ2v) is 3.65. The first kappa shape index (κ1) is 13.4. The predicted molar refractivity (Wildman–Crippen MR) is 58.2 cm³/mol. The van der Waals surface area contributed by atoms with Crippen molar-refractivity contribution in [2.75, 3.05) is 20.3 Å². The molecular weight excluding hydrogens is 178 g/mol. The summed E-state index contributed by atoms with van der Waals surface area (Å²) in [6.45, 7) is 5.32. The Kier molecular flexibility index (Phi) is 8.64. The topological polar surface area (TPSA) is 38.3 Å². The van der Waals surface area contributed by atoms with E-state index < -0.39 is 0 Å². The third-order valence-corrected chi connectivity index (χ3v) is 2.41. The summed E-state index contributed by atoms with van der Waals surface area (Å²) < 4.78 is 4.74. The van der Waals surface area contributed by atoms with Gasteiger partial charge in [0.05, 0.1) is 0 Å². The van der Waals surface area contributed by atoms with Crippen molar-refractivity contribution < 1.29 is 9.53 Å². The number of methoxy groups -OCH3 is 1. The first-order valence-corrected chi connectivity index (χ1v) is 5.50. The molecule has 0 aliphatic carbocycles. The van der Waals surface area contributed by atoms with Gasteiger partial charge < -0.3 is 10.1 Å². The van der Waals surface area contributed by atoms with Crippen LogP contribution in [0.15, 0.2) is 0 Å². The number of ether oxygens (including phenoxy) is 1. The highest BCUT2D eigenvalue weighted by atomic mass is 16.5. The molecule has 84 valence electrons. The molecule has 1 amide bonds. The minimum absolute atomic E-state index is 0.0116. The second kappa shape index (κ2) is 9.00. The van der Waals surface area contributed by atoms with Crippen LogP contribution in [0.3, 0.4) is 0 Å². The molecule has 0 rings (SSSR count). The maximum atomic E-state index is 11.1. The molecular formula is C11H23NO2. The molecule has 0 fully saturated rings. The molecule has 0 saturated carbocycles. The van der Waals surface area contributed by atoms with Gasteiger partial charge in [0, 0.05) is 13.7 Å². The second-order valence-electron chi connectivity index (χ2n) is 3.65. The molecule has 1 atom stereocenters. The van der Waals surface area contributed by atoms with E-state index >= 15 is 0 Å². The lowest BCUT2D eigenvalue weighted by Crippen LogP contribution is -2.31. The van der Waals surface area contributed by atoms with E-state index in [0.717, 1.165) is 13.0 Å². The van der Waals surface area contributed by atoms with Gasteiger partial charge in [0.2, 0.25) is 5.91 Å². The third kappa shape index (κ3) is 6.89. The summed E-state index contributed by atoms with van der Waals surface area (Å²) in [5, 5.41) is 2.88. The summed E-state index contributed by atoms with van der Waals surface area (Å²) in [4.78, 5) is 11.1. The van der Waals surface area contributed by atoms with Gasteiger partial charge in [-0.1, -0.05) is 33.1 Å². The van der Waals surface area contributed by atoms with Crippen molar-refractivity contribution >= 4 is 5.91 Å². The Morgan fingerprint density at radius 1 is 1.43 bits per heavy atom. The quantitative estimate of drug-likeness (QED) is 0.652. The van der Waals surface area contributed by atoms with Crippen LogP contribution < -0.4 is 5.32 Å². The van der Waals surface area contributed by atoms with E-state index in [1.807, 2.05) is 0 Å².